The number of ether oxygens (including phenoxy) is 2. The number of hydrogen-bond donors (Lipinski definition) is 0. The van der Waals surface area contributed by atoms with Crippen LogP contribution < -0.4 is 9.47 Å². The predicted octanol–water partition coefficient (Wildman–Crippen LogP) is 4.88. The zero-order valence-corrected chi connectivity index (χ0v) is 14.1. The highest BCUT2D eigenvalue weighted by Crippen LogP contribution is 2.30. The summed E-state index contributed by atoms with van der Waals surface area (Å²) < 4.78 is 12.8. The molecule has 2 nitrogen and oxygen atoms in total. The minimum atomic E-state index is 0.0635. The molecule has 1 aliphatic heterocycles. The second-order valence-electron chi connectivity index (χ2n) is 5.25. The monoisotopic (exact) mass is 366 g/mol. The SMILES string of the molecule is Cc1ccc2c(c1)CC(COc1ccc(Br)cc1CCl)O2. The molecule has 0 fully saturated rings. The van der Waals surface area contributed by atoms with Crippen molar-refractivity contribution in [1.82, 2.24) is 0 Å². The summed E-state index contributed by atoms with van der Waals surface area (Å²) in [5, 5.41) is 0. The smallest absolute Gasteiger partial charge is 0.137 e. The second kappa shape index (κ2) is 6.29. The highest BCUT2D eigenvalue weighted by Gasteiger charge is 2.23. The fourth-order valence-electron chi connectivity index (χ4n) is 2.52. The standard InChI is InChI=1S/C17H16BrClO2/c1-11-2-4-17-12(6-11)8-15(21-17)10-20-16-5-3-14(18)7-13(16)9-19/h2-7,15H,8-10H2,1H3. The molecule has 1 unspecified atom stereocenters. The van der Waals surface area contributed by atoms with Crippen LogP contribution in [-0.4, -0.2) is 12.7 Å². The fourth-order valence-corrected chi connectivity index (χ4v) is 3.14. The number of fused-ring (bicyclic) bond motifs is 1. The van der Waals surface area contributed by atoms with E-state index in [1.165, 1.54) is 11.1 Å². The molecule has 0 N–H and O–H groups in total. The van der Waals surface area contributed by atoms with Gasteiger partial charge in [-0.15, -0.1) is 11.6 Å². The van der Waals surface area contributed by atoms with E-state index in [1.807, 2.05) is 24.3 Å². The van der Waals surface area contributed by atoms with E-state index in [-0.39, 0.29) is 6.10 Å². The van der Waals surface area contributed by atoms with Crippen molar-refractivity contribution in [1.29, 1.82) is 0 Å². The Balaban J connectivity index is 1.65. The molecule has 0 saturated carbocycles. The molecule has 0 bridgehead atoms. The minimum Gasteiger partial charge on any atom is -0.489 e. The van der Waals surface area contributed by atoms with E-state index in [2.05, 4.69) is 35.0 Å². The van der Waals surface area contributed by atoms with Crippen LogP contribution in [0.4, 0.5) is 0 Å². The van der Waals surface area contributed by atoms with Gasteiger partial charge in [0.05, 0.1) is 5.88 Å². The summed E-state index contributed by atoms with van der Waals surface area (Å²) in [5.41, 5.74) is 3.51. The topological polar surface area (TPSA) is 18.5 Å². The van der Waals surface area contributed by atoms with Gasteiger partial charge in [-0.25, -0.2) is 0 Å². The maximum Gasteiger partial charge on any atom is 0.137 e. The summed E-state index contributed by atoms with van der Waals surface area (Å²) in [5.74, 6) is 2.23. The van der Waals surface area contributed by atoms with Gasteiger partial charge in [0.1, 0.15) is 24.2 Å². The van der Waals surface area contributed by atoms with Gasteiger partial charge in [0.2, 0.25) is 0 Å². The van der Waals surface area contributed by atoms with Gasteiger partial charge in [-0.3, -0.25) is 0 Å². The van der Waals surface area contributed by atoms with Crippen molar-refractivity contribution < 1.29 is 9.47 Å². The molecule has 1 heterocycles. The summed E-state index contributed by atoms with van der Waals surface area (Å²) in [6.45, 7) is 2.62. The maximum absolute atomic E-state index is 5.96. The Morgan fingerprint density at radius 2 is 2.14 bits per heavy atom. The lowest BCUT2D eigenvalue weighted by molar-refractivity contribution is 0.148. The molecular weight excluding hydrogens is 352 g/mol. The van der Waals surface area contributed by atoms with Gasteiger partial charge < -0.3 is 9.47 Å². The predicted molar refractivity (Wildman–Crippen MR) is 88.5 cm³/mol. The largest absolute Gasteiger partial charge is 0.489 e. The highest BCUT2D eigenvalue weighted by atomic mass is 79.9. The van der Waals surface area contributed by atoms with Crippen molar-refractivity contribution >= 4 is 27.5 Å². The normalized spacial score (nSPS) is 16.4. The van der Waals surface area contributed by atoms with Crippen LogP contribution in [0.3, 0.4) is 0 Å². The number of hydrogen-bond acceptors (Lipinski definition) is 2. The molecule has 4 heteroatoms. The van der Waals surface area contributed by atoms with Crippen molar-refractivity contribution in [2.24, 2.45) is 0 Å². The molecule has 0 amide bonds. The Kier molecular flexibility index (Phi) is 4.41. The third kappa shape index (κ3) is 3.35. The molecule has 0 saturated heterocycles. The van der Waals surface area contributed by atoms with Crippen LogP contribution in [0.15, 0.2) is 40.9 Å². The first kappa shape index (κ1) is 14.7. The molecular formula is C17H16BrClO2. The summed E-state index contributed by atoms with van der Waals surface area (Å²) in [7, 11) is 0. The number of benzene rings is 2. The molecule has 3 rings (SSSR count). The number of alkyl halides is 1. The molecule has 0 spiro atoms. The van der Waals surface area contributed by atoms with Gasteiger partial charge in [0.15, 0.2) is 0 Å². The first-order chi connectivity index (χ1) is 10.2. The molecule has 0 radical (unpaired) electrons. The van der Waals surface area contributed by atoms with Crippen LogP contribution in [0.5, 0.6) is 11.5 Å². The van der Waals surface area contributed by atoms with Crippen LogP contribution in [0.25, 0.3) is 0 Å². The van der Waals surface area contributed by atoms with Gasteiger partial charge in [-0.2, -0.15) is 0 Å². The van der Waals surface area contributed by atoms with E-state index in [1.54, 1.807) is 0 Å². The zero-order chi connectivity index (χ0) is 14.8. The highest BCUT2D eigenvalue weighted by molar-refractivity contribution is 9.10. The molecule has 2 aromatic rings. The average molecular weight is 368 g/mol. The van der Waals surface area contributed by atoms with E-state index in [4.69, 9.17) is 21.1 Å². The Morgan fingerprint density at radius 1 is 1.29 bits per heavy atom. The molecule has 1 atom stereocenters. The van der Waals surface area contributed by atoms with Crippen molar-refractivity contribution in [3.63, 3.8) is 0 Å². The van der Waals surface area contributed by atoms with Crippen molar-refractivity contribution in [3.05, 3.63) is 57.6 Å². The van der Waals surface area contributed by atoms with E-state index in [0.717, 1.165) is 28.0 Å². The van der Waals surface area contributed by atoms with Crippen LogP contribution in [0.1, 0.15) is 16.7 Å². The van der Waals surface area contributed by atoms with E-state index in [0.29, 0.717) is 12.5 Å². The van der Waals surface area contributed by atoms with E-state index >= 15 is 0 Å². The Labute approximate surface area is 138 Å². The lowest BCUT2D eigenvalue weighted by atomic mass is 10.1. The second-order valence-corrected chi connectivity index (χ2v) is 6.43. The molecule has 0 aromatic heterocycles. The summed E-state index contributed by atoms with van der Waals surface area (Å²) in [4.78, 5) is 0. The number of halogens is 2. The van der Waals surface area contributed by atoms with Crippen LogP contribution >= 0.6 is 27.5 Å². The zero-order valence-electron chi connectivity index (χ0n) is 11.7. The Bertz CT molecular complexity index is 657. The quantitative estimate of drug-likeness (QED) is 0.717. The van der Waals surface area contributed by atoms with Gasteiger partial charge in [0, 0.05) is 16.5 Å². The maximum atomic E-state index is 5.96. The van der Waals surface area contributed by atoms with Gasteiger partial charge in [-0.1, -0.05) is 33.6 Å². The van der Waals surface area contributed by atoms with Crippen molar-refractivity contribution in [2.75, 3.05) is 6.61 Å². The van der Waals surface area contributed by atoms with Crippen LogP contribution in [0, 0.1) is 6.92 Å². The van der Waals surface area contributed by atoms with Crippen molar-refractivity contribution in [3.8, 4) is 11.5 Å². The number of aryl methyl sites for hydroxylation is 1. The molecule has 110 valence electrons. The lowest BCUT2D eigenvalue weighted by Gasteiger charge is -2.14. The molecule has 0 aliphatic carbocycles. The number of rotatable bonds is 4. The van der Waals surface area contributed by atoms with E-state index in [9.17, 15) is 0 Å². The fraction of sp³-hybridized carbons (Fsp3) is 0.294. The van der Waals surface area contributed by atoms with Crippen LogP contribution in [-0.2, 0) is 12.3 Å². The third-order valence-corrected chi connectivity index (χ3v) is 4.33. The summed E-state index contributed by atoms with van der Waals surface area (Å²) >= 11 is 9.40. The average Bonchev–Trinajstić information content (AvgIpc) is 2.87. The lowest BCUT2D eigenvalue weighted by Crippen LogP contribution is -2.22. The summed E-state index contributed by atoms with van der Waals surface area (Å²) in [6.07, 6.45) is 0.956. The molecule has 2 aromatic carbocycles. The third-order valence-electron chi connectivity index (χ3n) is 3.55. The Hall–Kier alpha value is -1.19. The summed E-state index contributed by atoms with van der Waals surface area (Å²) in [6, 6.07) is 12.2. The molecule has 21 heavy (non-hydrogen) atoms. The van der Waals surface area contributed by atoms with Gasteiger partial charge in [0.25, 0.3) is 0 Å². The van der Waals surface area contributed by atoms with Gasteiger partial charge >= 0.3 is 0 Å². The first-order valence-corrected chi connectivity index (χ1v) is 8.22. The Morgan fingerprint density at radius 3 is 2.95 bits per heavy atom. The minimum absolute atomic E-state index is 0.0635. The van der Waals surface area contributed by atoms with E-state index < -0.39 is 0 Å². The van der Waals surface area contributed by atoms with Crippen LogP contribution in [0.2, 0.25) is 0 Å². The van der Waals surface area contributed by atoms with Crippen molar-refractivity contribution in [2.45, 2.75) is 25.3 Å². The molecule has 1 aliphatic rings. The van der Waals surface area contributed by atoms with Gasteiger partial charge in [-0.05, 0) is 36.8 Å². The first-order valence-electron chi connectivity index (χ1n) is 6.89.